The number of rotatable bonds is 9. The first-order valence-electron chi connectivity index (χ1n) is 47.7. The van der Waals surface area contributed by atoms with Crippen molar-refractivity contribution < 1.29 is 17.8 Å². The van der Waals surface area contributed by atoms with E-state index in [-0.39, 0.29) is 49.0 Å². The molecule has 6 heterocycles. The van der Waals surface area contributed by atoms with Gasteiger partial charge in [-0.15, -0.1) is 0 Å². The van der Waals surface area contributed by atoms with Crippen LogP contribution in [0, 0.1) is 0 Å². The summed E-state index contributed by atoms with van der Waals surface area (Å²) < 4.78 is 134. The third-order valence-electron chi connectivity index (χ3n) is 25.0. The van der Waals surface area contributed by atoms with Gasteiger partial charge in [0, 0.05) is 88.6 Å². The van der Waals surface area contributed by atoms with E-state index in [4.69, 9.17) is 0 Å². The highest BCUT2D eigenvalue weighted by Crippen LogP contribution is 2.53. The van der Waals surface area contributed by atoms with Gasteiger partial charge in [0.15, 0.2) is 0 Å². The Kier molecular flexibility index (Phi) is 13.1. The van der Waals surface area contributed by atoms with Crippen molar-refractivity contribution in [3.05, 3.63) is 368 Å². The molecular weight excluding hydrogens is 1440 g/mol. The molecule has 0 spiro atoms. The molecule has 0 unspecified atom stereocenters. The lowest BCUT2D eigenvalue weighted by molar-refractivity contribution is 0.590. The average Bonchev–Trinajstić information content (AvgIpc) is 1.13. The first-order valence-corrected chi connectivity index (χ1v) is 41.2. The topological polar surface area (TPSA) is 26.2 Å². The van der Waals surface area contributed by atoms with E-state index >= 15 is 0 Å². The van der Waals surface area contributed by atoms with Crippen LogP contribution >= 0.6 is 0 Å². The van der Waals surface area contributed by atoms with Crippen molar-refractivity contribution in [1.29, 1.82) is 0 Å². The molecule has 0 fully saturated rings. The van der Waals surface area contributed by atoms with Crippen molar-refractivity contribution in [1.82, 2.24) is 18.3 Å². The van der Waals surface area contributed by atoms with Crippen LogP contribution in [-0.4, -0.2) is 25.0 Å². The van der Waals surface area contributed by atoms with Gasteiger partial charge in [0.2, 0.25) is 0 Å². The third-order valence-corrected chi connectivity index (χ3v) is 25.0. The Morgan fingerprint density at radius 1 is 0.227 bits per heavy atom. The van der Waals surface area contributed by atoms with Crippen molar-refractivity contribution in [3.63, 3.8) is 0 Å². The molecule has 7 heteroatoms. The molecule has 0 radical (unpaired) electrons. The fourth-order valence-electron chi connectivity index (χ4n) is 19.1. The summed E-state index contributed by atoms with van der Waals surface area (Å²) in [5, 5.41) is 6.05. The van der Waals surface area contributed by atoms with Crippen LogP contribution in [0.15, 0.2) is 345 Å². The Labute approximate surface area is 715 Å². The maximum absolute atomic E-state index is 10.2. The van der Waals surface area contributed by atoms with Crippen LogP contribution in [0.3, 0.4) is 0 Å². The summed E-state index contributed by atoms with van der Waals surface area (Å²) in [5.74, 6) is 0. The largest absolute Gasteiger partial charge is 0.311 e. The number of hydrogen-bond donors (Lipinski definition) is 0. The quantitative estimate of drug-likeness (QED) is 0.135. The van der Waals surface area contributed by atoms with Gasteiger partial charge in [0.1, 0.15) is 0 Å². The molecule has 0 N–H and O–H groups in total. The predicted octanol–water partition coefficient (Wildman–Crippen LogP) is 28.3. The smallest absolute Gasteiger partial charge is 0.252 e. The molecule has 574 valence electrons. The molecule has 119 heavy (non-hydrogen) atoms. The second-order valence-corrected chi connectivity index (χ2v) is 36.4. The van der Waals surface area contributed by atoms with E-state index in [0.29, 0.717) is 34.0 Å². The van der Waals surface area contributed by atoms with Gasteiger partial charge >= 0.3 is 0 Å². The Morgan fingerprint density at radius 3 is 1.09 bits per heavy atom. The SMILES string of the molecule is [2H]c1c([2H])c([2H])c(-c2cc3c4c(c2)N(c2cccc5c6cccc(-n7c8ccc(C(C)(C)C)cc8c8cc(C(C)(C)C)ccc87)c6n(-c6ccccc6)c25)c2cc(-n5c6c([2H])c([2H])c([2H])c([2H])c6c6c([2H])c([2H])c([2H])c([2H])c65)ccc2B4c2ccc(-n4c5ccc(C(C)(C)C)cc5c5cc(C(C)(C)C)ccc54)cc2N3c2cc(-c3ccccc3)cc(-c3ccccc3)c2)c([2H])c1[2H]. The predicted molar refractivity (Wildman–Crippen MR) is 509 cm³/mol. The number of aromatic nitrogens is 4. The third kappa shape index (κ3) is 11.4. The van der Waals surface area contributed by atoms with Crippen LogP contribution in [0.5, 0.6) is 0 Å². The number of fused-ring (bicyclic) bond motifs is 16. The first-order chi connectivity index (χ1) is 63.0. The van der Waals surface area contributed by atoms with Crippen molar-refractivity contribution in [2.24, 2.45) is 0 Å². The zero-order chi connectivity index (χ0) is 92.2. The van der Waals surface area contributed by atoms with E-state index in [2.05, 4.69) is 295 Å². The molecule has 4 aromatic heterocycles. The van der Waals surface area contributed by atoms with Crippen LogP contribution in [0.2, 0.25) is 0 Å². The molecule has 0 aliphatic carbocycles. The molecule has 0 saturated carbocycles. The van der Waals surface area contributed by atoms with E-state index in [1.807, 2.05) is 78.9 Å². The summed E-state index contributed by atoms with van der Waals surface area (Å²) in [6, 6.07) is 88.1. The molecule has 0 bridgehead atoms. The Balaban J connectivity index is 0.928. The second kappa shape index (κ2) is 26.4. The van der Waals surface area contributed by atoms with Crippen molar-refractivity contribution >= 4 is 144 Å². The van der Waals surface area contributed by atoms with E-state index < -0.39 is 85.3 Å². The van der Waals surface area contributed by atoms with Crippen molar-refractivity contribution in [2.45, 2.75) is 105 Å². The minimum atomic E-state index is -0.746. The highest BCUT2D eigenvalue weighted by Gasteiger charge is 2.45. The van der Waals surface area contributed by atoms with Gasteiger partial charge in [-0.25, -0.2) is 0 Å². The first kappa shape index (κ1) is 59.1. The maximum atomic E-state index is 10.2. The molecule has 22 rings (SSSR count). The zero-order valence-corrected chi connectivity index (χ0v) is 68.7. The van der Waals surface area contributed by atoms with Crippen molar-refractivity contribution in [3.8, 4) is 56.1 Å². The molecule has 0 amide bonds. The fraction of sp³-hybridized carbons (Fsp3) is 0.143. The lowest BCUT2D eigenvalue weighted by Gasteiger charge is -2.45. The Bertz CT molecular complexity index is 8120. The number of benzene rings is 16. The monoisotopic (exact) mass is 1550 g/mol. The van der Waals surface area contributed by atoms with E-state index in [9.17, 15) is 17.8 Å². The van der Waals surface area contributed by atoms with Gasteiger partial charge in [-0.1, -0.05) is 289 Å². The molecule has 2 aliphatic heterocycles. The lowest BCUT2D eigenvalue weighted by atomic mass is 9.33. The molecule has 16 aromatic carbocycles. The van der Waals surface area contributed by atoms with Gasteiger partial charge in [-0.2, -0.15) is 0 Å². The van der Waals surface area contributed by atoms with Crippen LogP contribution in [-0.2, 0) is 21.7 Å². The summed E-state index contributed by atoms with van der Waals surface area (Å²) >= 11 is 0. The maximum Gasteiger partial charge on any atom is 0.252 e. The molecule has 20 aromatic rings. The number of nitrogens with zero attached hydrogens (tertiary/aromatic N) is 6. The summed E-state index contributed by atoms with van der Waals surface area (Å²) in [6.45, 7) is 26.2. The minimum Gasteiger partial charge on any atom is -0.311 e. The molecule has 0 saturated heterocycles. The summed E-state index contributed by atoms with van der Waals surface area (Å²) in [4.78, 5) is 4.54. The van der Waals surface area contributed by atoms with Gasteiger partial charge in [-0.05, 0) is 233 Å². The molecule has 6 nitrogen and oxygen atoms in total. The Morgan fingerprint density at radius 2 is 0.622 bits per heavy atom. The molecule has 2 aliphatic rings. The number of para-hydroxylation sites is 5. The van der Waals surface area contributed by atoms with Gasteiger partial charge < -0.3 is 28.1 Å². The van der Waals surface area contributed by atoms with Crippen LogP contribution in [0.4, 0.5) is 34.1 Å². The number of anilines is 6. The van der Waals surface area contributed by atoms with Crippen LogP contribution in [0.25, 0.3) is 143 Å². The average molecular weight is 1550 g/mol. The highest BCUT2D eigenvalue weighted by atomic mass is 15.2. The van der Waals surface area contributed by atoms with Gasteiger partial charge in [-0.3, -0.25) is 0 Å². The Hall–Kier alpha value is -13.6. The summed E-state index contributed by atoms with van der Waals surface area (Å²) in [5.41, 5.74) is 22.7. The lowest BCUT2D eigenvalue weighted by Crippen LogP contribution is -2.61. The fourth-order valence-corrected chi connectivity index (χ4v) is 19.1. The zero-order valence-electron chi connectivity index (χ0n) is 81.7. The standard InChI is InChI=1S/C112H93BN6/c1-109(2,3)76-47-55-96-88(64-76)89-65-77(110(4,5)6)48-56-97(89)115(96)81-51-53-92-102(68-81)116(83-60-73(70-31-17-13-18-32-70)59-74(61-83)71-33-19-14-20-34-71)104-62-75(72-35-21-15-22-36-72)63-105-106(104)113(92)93-54-52-82(114-94-43-27-25-39-84(94)85-40-26-28-44-95(85)114)69-103(93)119(105)101-46-30-42-87-86-41-29-45-100(107(86)117(108(87)101)80-37-23-16-24-38-80)118-98-57-49-78(111(7,8)9)66-90(98)91-67-79(112(10,11)12)50-58-99(91)118/h13-69H,1-12H3/i15D,21D,22D,25D,26D,27D,28D,35D,36D,39D,40D,43D,44D. The van der Waals surface area contributed by atoms with E-state index in [1.165, 1.54) is 22.3 Å². The molecule has 0 atom stereocenters. The highest BCUT2D eigenvalue weighted by molar-refractivity contribution is 7.00. The van der Waals surface area contributed by atoms with Gasteiger partial charge in [0.05, 0.1) is 73.3 Å². The normalized spacial score (nSPS) is 14.7. The number of hydrogen-bond acceptors (Lipinski definition) is 2. The second-order valence-electron chi connectivity index (χ2n) is 36.4. The van der Waals surface area contributed by atoms with Crippen LogP contribution in [0.1, 0.15) is 123 Å². The van der Waals surface area contributed by atoms with Crippen LogP contribution < -0.4 is 26.2 Å². The van der Waals surface area contributed by atoms with Gasteiger partial charge in [0.25, 0.3) is 6.71 Å². The minimum absolute atomic E-state index is 0.0432. The summed E-state index contributed by atoms with van der Waals surface area (Å²) in [6.07, 6.45) is 0. The summed E-state index contributed by atoms with van der Waals surface area (Å²) in [7, 11) is 0. The van der Waals surface area contributed by atoms with Crippen molar-refractivity contribution in [2.75, 3.05) is 9.80 Å². The van der Waals surface area contributed by atoms with E-state index in [1.54, 1.807) is 4.57 Å². The molecular formula is C112H93BN6. The van der Waals surface area contributed by atoms with E-state index in [0.717, 1.165) is 132 Å².